The second-order valence-electron chi connectivity index (χ2n) is 6.99. The summed E-state index contributed by atoms with van der Waals surface area (Å²) in [6, 6.07) is 2.21. The maximum atomic E-state index is 12.4. The van der Waals surface area contributed by atoms with Crippen LogP contribution in [-0.2, 0) is 16.0 Å². The van der Waals surface area contributed by atoms with E-state index in [1.54, 1.807) is 6.20 Å². The summed E-state index contributed by atoms with van der Waals surface area (Å²) >= 11 is 0. The molecule has 25 heavy (non-hydrogen) atoms. The molecule has 0 aromatic carbocycles. The van der Waals surface area contributed by atoms with Gasteiger partial charge in [0.15, 0.2) is 0 Å². The van der Waals surface area contributed by atoms with Gasteiger partial charge in [-0.25, -0.2) is 9.97 Å². The van der Waals surface area contributed by atoms with Crippen LogP contribution >= 0.6 is 0 Å². The zero-order valence-corrected chi connectivity index (χ0v) is 14.2. The minimum absolute atomic E-state index is 0.0178. The SMILES string of the molecule is O=C(NCCc1cn2cccnc2n1)C1CC(=O)N(C2CCCC2)C1. The van der Waals surface area contributed by atoms with E-state index in [2.05, 4.69) is 15.3 Å². The highest BCUT2D eigenvalue weighted by Gasteiger charge is 2.38. The molecule has 1 aliphatic heterocycles. The minimum atomic E-state index is -0.212. The smallest absolute Gasteiger partial charge is 0.233 e. The number of carbonyl (C=O) groups excluding carboxylic acids is 2. The van der Waals surface area contributed by atoms with Crippen LogP contribution in [0.4, 0.5) is 0 Å². The lowest BCUT2D eigenvalue weighted by atomic mass is 10.1. The van der Waals surface area contributed by atoms with E-state index in [-0.39, 0.29) is 17.7 Å². The van der Waals surface area contributed by atoms with E-state index in [4.69, 9.17) is 0 Å². The Morgan fingerprint density at radius 2 is 2.16 bits per heavy atom. The molecule has 4 rings (SSSR count). The van der Waals surface area contributed by atoms with E-state index in [9.17, 15) is 9.59 Å². The van der Waals surface area contributed by atoms with Crippen molar-refractivity contribution in [3.05, 3.63) is 30.4 Å². The van der Waals surface area contributed by atoms with Crippen molar-refractivity contribution in [2.75, 3.05) is 13.1 Å². The van der Waals surface area contributed by atoms with Gasteiger partial charge in [0.25, 0.3) is 0 Å². The van der Waals surface area contributed by atoms with Crippen molar-refractivity contribution in [2.45, 2.75) is 44.6 Å². The fourth-order valence-corrected chi connectivity index (χ4v) is 3.93. The monoisotopic (exact) mass is 341 g/mol. The van der Waals surface area contributed by atoms with Gasteiger partial charge in [-0.3, -0.25) is 14.0 Å². The summed E-state index contributed by atoms with van der Waals surface area (Å²) in [5, 5.41) is 2.96. The number of nitrogens with zero attached hydrogens (tertiary/aromatic N) is 4. The van der Waals surface area contributed by atoms with Crippen molar-refractivity contribution in [2.24, 2.45) is 5.92 Å². The molecule has 1 aliphatic carbocycles. The van der Waals surface area contributed by atoms with Gasteiger partial charge in [0.2, 0.25) is 17.6 Å². The zero-order chi connectivity index (χ0) is 17.2. The number of amides is 2. The van der Waals surface area contributed by atoms with Gasteiger partial charge >= 0.3 is 0 Å². The number of hydrogen-bond acceptors (Lipinski definition) is 4. The lowest BCUT2D eigenvalue weighted by Crippen LogP contribution is -2.37. The van der Waals surface area contributed by atoms with Gasteiger partial charge in [0, 0.05) is 50.6 Å². The van der Waals surface area contributed by atoms with Crippen LogP contribution in [0, 0.1) is 5.92 Å². The quantitative estimate of drug-likeness (QED) is 0.886. The first-order valence-electron chi connectivity index (χ1n) is 9.06. The van der Waals surface area contributed by atoms with Crippen LogP contribution in [0.5, 0.6) is 0 Å². The van der Waals surface area contributed by atoms with Crippen LogP contribution in [0.15, 0.2) is 24.7 Å². The molecule has 0 bridgehead atoms. The molecule has 3 heterocycles. The Balaban J connectivity index is 1.28. The normalized spacial score (nSPS) is 21.4. The van der Waals surface area contributed by atoms with Crippen molar-refractivity contribution in [3.63, 3.8) is 0 Å². The van der Waals surface area contributed by atoms with E-state index in [1.165, 1.54) is 12.8 Å². The molecule has 2 fully saturated rings. The maximum absolute atomic E-state index is 12.4. The van der Waals surface area contributed by atoms with Gasteiger partial charge in [-0.05, 0) is 18.9 Å². The van der Waals surface area contributed by atoms with Gasteiger partial charge in [0.05, 0.1) is 11.6 Å². The van der Waals surface area contributed by atoms with Gasteiger partial charge < -0.3 is 10.2 Å². The molecule has 0 spiro atoms. The van der Waals surface area contributed by atoms with E-state index >= 15 is 0 Å². The number of imidazole rings is 1. The Labute approximate surface area is 146 Å². The Bertz CT molecular complexity index is 748. The van der Waals surface area contributed by atoms with E-state index in [0.29, 0.717) is 37.8 Å². The second-order valence-corrected chi connectivity index (χ2v) is 6.99. The molecule has 2 amide bonds. The standard InChI is InChI=1S/C18H23N5O2/c24-16-10-13(11-23(16)15-4-1-2-5-15)17(25)19-8-6-14-12-22-9-3-7-20-18(22)21-14/h3,7,9,12-13,15H,1-2,4-6,8,10-11H2,(H,19,25). The first-order chi connectivity index (χ1) is 12.2. The molecule has 2 aromatic rings. The summed E-state index contributed by atoms with van der Waals surface area (Å²) in [6.45, 7) is 1.10. The molecule has 7 nitrogen and oxygen atoms in total. The fraction of sp³-hybridized carbons (Fsp3) is 0.556. The third kappa shape index (κ3) is 3.36. The Hall–Kier alpha value is -2.44. The molecule has 1 N–H and O–H groups in total. The Morgan fingerprint density at radius 1 is 1.32 bits per heavy atom. The minimum Gasteiger partial charge on any atom is -0.355 e. The average Bonchev–Trinajstić information content (AvgIpc) is 3.33. The van der Waals surface area contributed by atoms with Gasteiger partial charge in [0.1, 0.15) is 0 Å². The number of carbonyl (C=O) groups is 2. The van der Waals surface area contributed by atoms with Gasteiger partial charge in [-0.15, -0.1) is 0 Å². The lowest BCUT2D eigenvalue weighted by Gasteiger charge is -2.23. The van der Waals surface area contributed by atoms with Crippen molar-refractivity contribution in [1.82, 2.24) is 24.6 Å². The fourth-order valence-electron chi connectivity index (χ4n) is 3.93. The summed E-state index contributed by atoms with van der Waals surface area (Å²) in [6.07, 6.45) is 11.1. The molecule has 2 aliphatic rings. The zero-order valence-electron chi connectivity index (χ0n) is 14.2. The highest BCUT2D eigenvalue weighted by molar-refractivity contribution is 5.89. The van der Waals surface area contributed by atoms with Crippen molar-refractivity contribution >= 4 is 17.6 Å². The molecule has 1 saturated carbocycles. The van der Waals surface area contributed by atoms with E-state index < -0.39 is 0 Å². The van der Waals surface area contributed by atoms with Crippen LogP contribution in [0.3, 0.4) is 0 Å². The van der Waals surface area contributed by atoms with Crippen molar-refractivity contribution < 1.29 is 9.59 Å². The van der Waals surface area contributed by atoms with Crippen molar-refractivity contribution in [3.8, 4) is 0 Å². The predicted molar refractivity (Wildman–Crippen MR) is 91.8 cm³/mol. The second kappa shape index (κ2) is 6.82. The Kier molecular flexibility index (Phi) is 4.38. The summed E-state index contributed by atoms with van der Waals surface area (Å²) in [5.41, 5.74) is 0.897. The molecule has 132 valence electrons. The number of rotatable bonds is 5. The summed E-state index contributed by atoms with van der Waals surface area (Å²) in [7, 11) is 0. The Morgan fingerprint density at radius 3 is 2.96 bits per heavy atom. The molecule has 0 radical (unpaired) electrons. The molecule has 7 heteroatoms. The van der Waals surface area contributed by atoms with Crippen LogP contribution < -0.4 is 5.32 Å². The number of aromatic nitrogens is 3. The first kappa shape index (κ1) is 16.1. The first-order valence-corrected chi connectivity index (χ1v) is 9.06. The number of nitrogens with one attached hydrogen (secondary N) is 1. The van der Waals surface area contributed by atoms with Crippen LogP contribution in [-0.4, -0.2) is 50.2 Å². The number of fused-ring (bicyclic) bond motifs is 1. The number of likely N-dealkylation sites (tertiary alicyclic amines) is 1. The summed E-state index contributed by atoms with van der Waals surface area (Å²) < 4.78 is 1.87. The van der Waals surface area contributed by atoms with Gasteiger partial charge in [-0.2, -0.15) is 0 Å². The van der Waals surface area contributed by atoms with E-state index in [0.717, 1.165) is 18.5 Å². The average molecular weight is 341 g/mol. The van der Waals surface area contributed by atoms with Crippen molar-refractivity contribution in [1.29, 1.82) is 0 Å². The molecular formula is C18H23N5O2. The van der Waals surface area contributed by atoms with E-state index in [1.807, 2.05) is 27.8 Å². The lowest BCUT2D eigenvalue weighted by molar-refractivity contribution is -0.130. The highest BCUT2D eigenvalue weighted by atomic mass is 16.2. The van der Waals surface area contributed by atoms with Gasteiger partial charge in [-0.1, -0.05) is 12.8 Å². The molecule has 1 saturated heterocycles. The van der Waals surface area contributed by atoms with Crippen LogP contribution in [0.2, 0.25) is 0 Å². The summed E-state index contributed by atoms with van der Waals surface area (Å²) in [4.78, 5) is 35.1. The highest BCUT2D eigenvalue weighted by Crippen LogP contribution is 2.29. The predicted octanol–water partition coefficient (Wildman–Crippen LogP) is 1.18. The maximum Gasteiger partial charge on any atom is 0.233 e. The largest absolute Gasteiger partial charge is 0.355 e. The molecule has 1 unspecified atom stereocenters. The third-order valence-electron chi connectivity index (χ3n) is 5.26. The number of hydrogen-bond donors (Lipinski definition) is 1. The van der Waals surface area contributed by atoms with Crippen LogP contribution in [0.1, 0.15) is 37.8 Å². The summed E-state index contributed by atoms with van der Waals surface area (Å²) in [5.74, 6) is 0.572. The van der Waals surface area contributed by atoms with Crippen LogP contribution in [0.25, 0.3) is 5.78 Å². The molecular weight excluding hydrogens is 318 g/mol. The third-order valence-corrected chi connectivity index (χ3v) is 5.26. The topological polar surface area (TPSA) is 79.6 Å². The molecule has 2 aromatic heterocycles. The molecule has 1 atom stereocenters.